The van der Waals surface area contributed by atoms with Crippen molar-refractivity contribution in [2.24, 2.45) is 11.7 Å². The maximum absolute atomic E-state index is 14.8. The van der Waals surface area contributed by atoms with Gasteiger partial charge in [0.25, 0.3) is 5.91 Å². The highest BCUT2D eigenvalue weighted by molar-refractivity contribution is 6.11. The van der Waals surface area contributed by atoms with Crippen LogP contribution < -0.4 is 11.1 Å². The van der Waals surface area contributed by atoms with Crippen molar-refractivity contribution in [3.05, 3.63) is 71.9 Å². The molecule has 0 saturated carbocycles. The lowest BCUT2D eigenvalue weighted by atomic mass is 9.93. The Hall–Kier alpha value is -3.85. The molecule has 0 fully saturated rings. The molecule has 1 heterocycles. The number of alkyl halides is 1. The number of nitrogens with one attached hydrogen (secondary N) is 1. The number of carboxylic acids is 1. The molecule has 0 radical (unpaired) electrons. The van der Waals surface area contributed by atoms with Crippen molar-refractivity contribution < 1.29 is 28.7 Å². The van der Waals surface area contributed by atoms with Crippen molar-refractivity contribution in [3.8, 4) is 0 Å². The van der Waals surface area contributed by atoms with Crippen LogP contribution in [0, 0.1) is 5.92 Å². The first-order valence-electron chi connectivity index (χ1n) is 12.2. The number of hydrogen-bond acceptors (Lipinski definition) is 5. The van der Waals surface area contributed by atoms with Gasteiger partial charge in [0.2, 0.25) is 6.17 Å². The first-order chi connectivity index (χ1) is 17.6. The number of carboxylic acid groups (broad SMARTS) is 1. The SMILES string of the molecule is CC(C)[C@H](NC(=O)c1cc2ccccc2n1CCCc1ccccc1)C(=O)C(F)C(=O)C(N)CC(=O)O. The van der Waals surface area contributed by atoms with E-state index in [1.165, 1.54) is 5.56 Å². The Kier molecular flexibility index (Phi) is 9.30. The van der Waals surface area contributed by atoms with Crippen LogP contribution in [0.25, 0.3) is 10.9 Å². The highest BCUT2D eigenvalue weighted by Gasteiger charge is 2.38. The summed E-state index contributed by atoms with van der Waals surface area (Å²) in [5, 5.41) is 12.3. The number of nitrogens with two attached hydrogens (primary N) is 1. The van der Waals surface area contributed by atoms with E-state index in [0.717, 1.165) is 23.7 Å². The van der Waals surface area contributed by atoms with Crippen molar-refractivity contribution in [1.29, 1.82) is 0 Å². The number of amides is 1. The number of aryl methyl sites for hydroxylation is 2. The topological polar surface area (TPSA) is 131 Å². The van der Waals surface area contributed by atoms with E-state index in [9.17, 15) is 23.6 Å². The molecule has 8 nitrogen and oxygen atoms in total. The normalized spacial score (nSPS) is 13.8. The molecule has 0 saturated heterocycles. The van der Waals surface area contributed by atoms with Crippen LogP contribution in [0.4, 0.5) is 4.39 Å². The molecule has 9 heteroatoms. The van der Waals surface area contributed by atoms with Gasteiger partial charge in [-0.3, -0.25) is 19.2 Å². The van der Waals surface area contributed by atoms with Gasteiger partial charge in [-0.05, 0) is 36.5 Å². The number of benzene rings is 2. The zero-order valence-electron chi connectivity index (χ0n) is 20.9. The van der Waals surface area contributed by atoms with Gasteiger partial charge in [-0.1, -0.05) is 62.4 Å². The minimum Gasteiger partial charge on any atom is -0.481 e. The van der Waals surface area contributed by atoms with Crippen LogP contribution >= 0.6 is 0 Å². The number of hydrogen-bond donors (Lipinski definition) is 3. The first-order valence-corrected chi connectivity index (χ1v) is 12.2. The highest BCUT2D eigenvalue weighted by Crippen LogP contribution is 2.22. The van der Waals surface area contributed by atoms with Crippen LogP contribution in [0.3, 0.4) is 0 Å². The number of carbonyl (C=O) groups is 4. The Morgan fingerprint density at radius 3 is 2.30 bits per heavy atom. The molecule has 37 heavy (non-hydrogen) atoms. The predicted molar refractivity (Wildman–Crippen MR) is 138 cm³/mol. The van der Waals surface area contributed by atoms with Crippen LogP contribution in [0.5, 0.6) is 0 Å². The van der Waals surface area contributed by atoms with E-state index >= 15 is 0 Å². The summed E-state index contributed by atoms with van der Waals surface area (Å²) in [6.07, 6.45) is -1.87. The Morgan fingerprint density at radius 2 is 1.65 bits per heavy atom. The highest BCUT2D eigenvalue weighted by atomic mass is 19.1. The van der Waals surface area contributed by atoms with E-state index in [0.29, 0.717) is 12.2 Å². The fourth-order valence-electron chi connectivity index (χ4n) is 4.28. The van der Waals surface area contributed by atoms with E-state index in [-0.39, 0.29) is 0 Å². The molecule has 3 atom stereocenters. The standard InChI is InChI=1S/C28H32FN3O5/c1-17(2)25(27(36)24(29)26(35)20(30)16-23(33)34)31-28(37)22-15-19-12-6-7-13-21(19)32(22)14-8-11-18-9-4-3-5-10-18/h3-7,9-10,12-13,15,17,20,24-25H,8,11,14,16,30H2,1-2H3,(H,31,37)(H,33,34)/t20?,24?,25-/m0/s1. The smallest absolute Gasteiger partial charge is 0.305 e. The van der Waals surface area contributed by atoms with Crippen molar-refractivity contribution >= 4 is 34.3 Å². The molecule has 1 amide bonds. The second kappa shape index (κ2) is 12.4. The van der Waals surface area contributed by atoms with Gasteiger partial charge in [0.1, 0.15) is 5.69 Å². The molecule has 0 spiro atoms. The molecule has 3 rings (SSSR count). The number of ketones is 2. The number of aliphatic carboxylic acids is 1. The minimum atomic E-state index is -2.64. The molecule has 0 aliphatic rings. The second-order valence-corrected chi connectivity index (χ2v) is 9.40. The minimum absolute atomic E-state index is 0.317. The first kappa shape index (κ1) is 27.7. The predicted octanol–water partition coefficient (Wildman–Crippen LogP) is 3.31. The number of para-hydroxylation sites is 1. The van der Waals surface area contributed by atoms with E-state index in [4.69, 9.17) is 10.8 Å². The molecular weight excluding hydrogens is 477 g/mol. The Bertz CT molecular complexity index is 1270. The third kappa shape index (κ3) is 6.89. The molecule has 2 unspecified atom stereocenters. The third-order valence-corrected chi connectivity index (χ3v) is 6.25. The van der Waals surface area contributed by atoms with Gasteiger partial charge in [0.15, 0.2) is 11.6 Å². The lowest BCUT2D eigenvalue weighted by Crippen LogP contribution is -2.52. The van der Waals surface area contributed by atoms with Gasteiger partial charge < -0.3 is 20.7 Å². The van der Waals surface area contributed by atoms with Gasteiger partial charge in [-0.25, -0.2) is 4.39 Å². The Labute approximate surface area is 214 Å². The molecule has 2 aromatic carbocycles. The molecule has 4 N–H and O–H groups in total. The van der Waals surface area contributed by atoms with Gasteiger partial charge in [-0.15, -0.1) is 0 Å². The van der Waals surface area contributed by atoms with Gasteiger partial charge >= 0.3 is 5.97 Å². The maximum Gasteiger partial charge on any atom is 0.305 e. The largest absolute Gasteiger partial charge is 0.481 e. The Balaban J connectivity index is 1.80. The third-order valence-electron chi connectivity index (χ3n) is 6.25. The fourth-order valence-corrected chi connectivity index (χ4v) is 4.28. The molecule has 196 valence electrons. The number of halogens is 1. The zero-order chi connectivity index (χ0) is 27.1. The number of Topliss-reactive ketones (excluding diaryl/α,β-unsaturated/α-hetero) is 2. The zero-order valence-corrected chi connectivity index (χ0v) is 20.9. The molecule has 3 aromatic rings. The fraction of sp³-hybridized carbons (Fsp3) is 0.357. The van der Waals surface area contributed by atoms with Crippen molar-refractivity contribution in [3.63, 3.8) is 0 Å². The Morgan fingerprint density at radius 1 is 1.00 bits per heavy atom. The van der Waals surface area contributed by atoms with Crippen LogP contribution in [0.15, 0.2) is 60.7 Å². The summed E-state index contributed by atoms with van der Waals surface area (Å²) in [5.74, 6) is -4.95. The summed E-state index contributed by atoms with van der Waals surface area (Å²) in [5.41, 5.74) is 7.81. The number of carbonyl (C=O) groups excluding carboxylic acids is 3. The van der Waals surface area contributed by atoms with E-state index in [2.05, 4.69) is 5.32 Å². The summed E-state index contributed by atoms with van der Waals surface area (Å²) >= 11 is 0. The van der Waals surface area contributed by atoms with Crippen LogP contribution in [0.2, 0.25) is 0 Å². The van der Waals surface area contributed by atoms with Crippen LogP contribution in [-0.2, 0) is 27.3 Å². The maximum atomic E-state index is 14.8. The lowest BCUT2D eigenvalue weighted by Gasteiger charge is -2.23. The average Bonchev–Trinajstić information content (AvgIpc) is 3.24. The summed E-state index contributed by atoms with van der Waals surface area (Å²) in [6, 6.07) is 16.2. The summed E-state index contributed by atoms with van der Waals surface area (Å²) in [6.45, 7) is 3.78. The number of rotatable bonds is 13. The number of fused-ring (bicyclic) bond motifs is 1. The van der Waals surface area contributed by atoms with Crippen molar-refractivity contribution in [2.75, 3.05) is 0 Å². The summed E-state index contributed by atoms with van der Waals surface area (Å²) in [7, 11) is 0. The monoisotopic (exact) mass is 509 g/mol. The average molecular weight is 510 g/mol. The lowest BCUT2D eigenvalue weighted by molar-refractivity contribution is -0.142. The van der Waals surface area contributed by atoms with Crippen molar-refractivity contribution in [1.82, 2.24) is 9.88 Å². The van der Waals surface area contributed by atoms with Crippen LogP contribution in [0.1, 0.15) is 42.7 Å². The van der Waals surface area contributed by atoms with Gasteiger partial charge in [-0.2, -0.15) is 0 Å². The molecule has 1 aromatic heterocycles. The summed E-state index contributed by atoms with van der Waals surface area (Å²) < 4.78 is 16.7. The molecule has 0 aliphatic carbocycles. The van der Waals surface area contributed by atoms with Crippen LogP contribution in [-0.4, -0.2) is 51.4 Å². The number of aromatic nitrogens is 1. The van der Waals surface area contributed by atoms with Gasteiger partial charge in [0, 0.05) is 17.4 Å². The number of nitrogens with zero attached hydrogens (tertiary/aromatic N) is 1. The van der Waals surface area contributed by atoms with Gasteiger partial charge in [0.05, 0.1) is 18.5 Å². The molecular formula is C28H32FN3O5. The quantitative estimate of drug-likeness (QED) is 0.303. The summed E-state index contributed by atoms with van der Waals surface area (Å²) in [4.78, 5) is 49.2. The van der Waals surface area contributed by atoms with Crippen molar-refractivity contribution in [2.45, 2.75) is 57.9 Å². The van der Waals surface area contributed by atoms with E-state index < -0.39 is 54.0 Å². The van der Waals surface area contributed by atoms with E-state index in [1.807, 2.05) is 59.2 Å². The molecule has 0 bridgehead atoms. The molecule has 0 aliphatic heterocycles. The van der Waals surface area contributed by atoms with E-state index in [1.54, 1.807) is 19.9 Å². The second-order valence-electron chi connectivity index (χ2n) is 9.40.